The molecule has 0 aliphatic carbocycles. The number of halogens is 3. The molecule has 106 valence electrons. The zero-order valence-corrected chi connectivity index (χ0v) is 14.8. The minimum Gasteiger partial charge on any atom is -0.241 e. The third-order valence-electron chi connectivity index (χ3n) is 3.09. The van der Waals surface area contributed by atoms with Crippen molar-refractivity contribution >= 4 is 43.5 Å². The molecule has 1 aromatic heterocycles. The summed E-state index contributed by atoms with van der Waals surface area (Å²) in [5.74, 6) is 0. The Hall–Kier alpha value is -1.10. The van der Waals surface area contributed by atoms with E-state index in [0.717, 1.165) is 25.8 Å². The fourth-order valence-corrected chi connectivity index (χ4v) is 3.67. The summed E-state index contributed by atoms with van der Waals surface area (Å²) < 4.78 is 3.82. The molecule has 2 aromatic carbocycles. The summed E-state index contributed by atoms with van der Waals surface area (Å²) in [4.78, 5) is 0. The molecule has 0 spiro atoms. The van der Waals surface area contributed by atoms with Crippen LogP contribution < -0.4 is 0 Å². The van der Waals surface area contributed by atoms with E-state index in [2.05, 4.69) is 37.0 Å². The third kappa shape index (κ3) is 3.39. The van der Waals surface area contributed by atoms with Gasteiger partial charge in [-0.2, -0.15) is 5.10 Å². The highest BCUT2D eigenvalue weighted by atomic mass is 79.9. The molecule has 2 nitrogen and oxygen atoms in total. The molecule has 0 aliphatic heterocycles. The van der Waals surface area contributed by atoms with Gasteiger partial charge in [0, 0.05) is 20.7 Å². The Morgan fingerprint density at radius 1 is 0.952 bits per heavy atom. The van der Waals surface area contributed by atoms with E-state index in [9.17, 15) is 0 Å². The Morgan fingerprint density at radius 3 is 2.29 bits per heavy atom. The number of benzene rings is 2. The van der Waals surface area contributed by atoms with Gasteiger partial charge in [-0.15, -0.1) is 11.6 Å². The van der Waals surface area contributed by atoms with Gasteiger partial charge in [-0.1, -0.05) is 50.1 Å². The van der Waals surface area contributed by atoms with Crippen molar-refractivity contribution in [3.8, 4) is 5.69 Å². The lowest BCUT2D eigenvalue weighted by atomic mass is 10.1. The lowest BCUT2D eigenvalue weighted by Gasteiger charge is -2.09. The fraction of sp³-hybridized carbons (Fsp3) is 0.0625. The van der Waals surface area contributed by atoms with E-state index in [-0.39, 0.29) is 5.38 Å². The molecule has 5 heteroatoms. The summed E-state index contributed by atoms with van der Waals surface area (Å²) >= 11 is 13.6. The van der Waals surface area contributed by atoms with Crippen LogP contribution in [-0.4, -0.2) is 9.78 Å². The molecule has 0 fully saturated rings. The number of rotatable bonds is 3. The van der Waals surface area contributed by atoms with Gasteiger partial charge in [-0.3, -0.25) is 0 Å². The third-order valence-corrected chi connectivity index (χ3v) is 4.51. The molecule has 1 heterocycles. The van der Waals surface area contributed by atoms with Gasteiger partial charge in [-0.05, 0) is 35.9 Å². The van der Waals surface area contributed by atoms with Crippen molar-refractivity contribution in [1.82, 2.24) is 9.78 Å². The summed E-state index contributed by atoms with van der Waals surface area (Å²) in [6.45, 7) is 0. The van der Waals surface area contributed by atoms with E-state index in [1.165, 1.54) is 0 Å². The van der Waals surface area contributed by atoms with Crippen LogP contribution in [0.5, 0.6) is 0 Å². The molecule has 21 heavy (non-hydrogen) atoms. The minimum absolute atomic E-state index is 0.240. The van der Waals surface area contributed by atoms with Crippen LogP contribution in [0.2, 0.25) is 0 Å². The van der Waals surface area contributed by atoms with Crippen LogP contribution in [0.15, 0.2) is 69.9 Å². The molecular weight excluding hydrogens is 415 g/mol. The molecule has 0 saturated heterocycles. The molecule has 0 aliphatic rings. The lowest BCUT2D eigenvalue weighted by molar-refractivity contribution is 0.880. The monoisotopic (exact) mass is 424 g/mol. The normalized spacial score (nSPS) is 12.3. The summed E-state index contributed by atoms with van der Waals surface area (Å²) in [6.07, 6.45) is 3.77. The molecule has 1 unspecified atom stereocenters. The molecule has 0 N–H and O–H groups in total. The van der Waals surface area contributed by atoms with Crippen LogP contribution in [0.1, 0.15) is 16.5 Å². The zero-order valence-electron chi connectivity index (χ0n) is 10.9. The predicted octanol–water partition coefficient (Wildman–Crippen LogP) is 5.73. The summed E-state index contributed by atoms with van der Waals surface area (Å²) in [5, 5.41) is 4.15. The quantitative estimate of drug-likeness (QED) is 0.490. The average Bonchev–Trinajstić information content (AvgIpc) is 2.96. The Balaban J connectivity index is 1.92. The molecule has 0 bridgehead atoms. The molecule has 0 radical (unpaired) electrons. The maximum absolute atomic E-state index is 6.58. The highest BCUT2D eigenvalue weighted by molar-refractivity contribution is 9.11. The molecule has 3 aromatic rings. The highest BCUT2D eigenvalue weighted by Crippen LogP contribution is 2.32. The van der Waals surface area contributed by atoms with Crippen molar-refractivity contribution in [3.05, 3.63) is 81.0 Å². The van der Waals surface area contributed by atoms with Crippen LogP contribution in [0.4, 0.5) is 0 Å². The predicted molar refractivity (Wildman–Crippen MR) is 93.1 cm³/mol. The molecular formula is C16H11Br2ClN2. The maximum Gasteiger partial charge on any atom is 0.0866 e. The first-order chi connectivity index (χ1) is 10.1. The second-order valence-corrected chi connectivity index (χ2v) is 6.89. The SMILES string of the molecule is ClC(c1cc(Br)cc(Br)c1)c1cnn(-c2ccccc2)c1. The second kappa shape index (κ2) is 6.34. The van der Waals surface area contributed by atoms with Gasteiger partial charge >= 0.3 is 0 Å². The van der Waals surface area contributed by atoms with Crippen LogP contribution in [0.25, 0.3) is 5.69 Å². The Kier molecular flexibility index (Phi) is 4.48. The Morgan fingerprint density at radius 2 is 1.62 bits per heavy atom. The number of para-hydroxylation sites is 1. The summed E-state index contributed by atoms with van der Waals surface area (Å²) in [7, 11) is 0. The van der Waals surface area contributed by atoms with Crippen LogP contribution in [-0.2, 0) is 0 Å². The minimum atomic E-state index is -0.240. The van der Waals surface area contributed by atoms with Crippen molar-refractivity contribution in [2.45, 2.75) is 5.38 Å². The number of aromatic nitrogens is 2. The maximum atomic E-state index is 6.58. The number of alkyl halides is 1. The van der Waals surface area contributed by atoms with Gasteiger partial charge < -0.3 is 0 Å². The van der Waals surface area contributed by atoms with Gasteiger partial charge in [0.25, 0.3) is 0 Å². The highest BCUT2D eigenvalue weighted by Gasteiger charge is 2.14. The largest absolute Gasteiger partial charge is 0.241 e. The van der Waals surface area contributed by atoms with E-state index in [4.69, 9.17) is 11.6 Å². The molecule has 3 rings (SSSR count). The van der Waals surface area contributed by atoms with E-state index < -0.39 is 0 Å². The number of nitrogens with zero attached hydrogens (tertiary/aromatic N) is 2. The summed E-state index contributed by atoms with van der Waals surface area (Å²) in [6, 6.07) is 16.0. The van der Waals surface area contributed by atoms with Crippen LogP contribution in [0, 0.1) is 0 Å². The van der Waals surface area contributed by atoms with Gasteiger partial charge in [-0.25, -0.2) is 4.68 Å². The zero-order chi connectivity index (χ0) is 14.8. The lowest BCUT2D eigenvalue weighted by Crippen LogP contribution is -1.94. The van der Waals surface area contributed by atoms with Gasteiger partial charge in [0.05, 0.1) is 17.3 Å². The van der Waals surface area contributed by atoms with Gasteiger partial charge in [0.15, 0.2) is 0 Å². The van der Waals surface area contributed by atoms with Crippen molar-refractivity contribution in [2.24, 2.45) is 0 Å². The molecule has 0 amide bonds. The van der Waals surface area contributed by atoms with Crippen molar-refractivity contribution in [2.75, 3.05) is 0 Å². The number of hydrogen-bond acceptors (Lipinski definition) is 1. The van der Waals surface area contributed by atoms with E-state index in [1.807, 2.05) is 59.4 Å². The van der Waals surface area contributed by atoms with Gasteiger partial charge in [0.1, 0.15) is 0 Å². The molecule has 1 atom stereocenters. The first-order valence-electron chi connectivity index (χ1n) is 6.33. The Bertz CT molecular complexity index is 736. The average molecular weight is 427 g/mol. The second-order valence-electron chi connectivity index (χ2n) is 4.62. The van der Waals surface area contributed by atoms with Crippen LogP contribution >= 0.6 is 43.5 Å². The topological polar surface area (TPSA) is 17.8 Å². The van der Waals surface area contributed by atoms with E-state index in [1.54, 1.807) is 6.20 Å². The van der Waals surface area contributed by atoms with Crippen molar-refractivity contribution in [1.29, 1.82) is 0 Å². The fourth-order valence-electron chi connectivity index (χ4n) is 2.10. The molecule has 0 saturated carbocycles. The smallest absolute Gasteiger partial charge is 0.0866 e. The van der Waals surface area contributed by atoms with E-state index in [0.29, 0.717) is 0 Å². The van der Waals surface area contributed by atoms with Crippen molar-refractivity contribution < 1.29 is 0 Å². The first-order valence-corrected chi connectivity index (χ1v) is 8.36. The van der Waals surface area contributed by atoms with E-state index >= 15 is 0 Å². The van der Waals surface area contributed by atoms with Crippen LogP contribution in [0.3, 0.4) is 0 Å². The van der Waals surface area contributed by atoms with Crippen molar-refractivity contribution in [3.63, 3.8) is 0 Å². The number of hydrogen-bond donors (Lipinski definition) is 0. The van der Waals surface area contributed by atoms with Gasteiger partial charge in [0.2, 0.25) is 0 Å². The Labute approximate surface area is 145 Å². The first kappa shape index (κ1) is 14.8. The standard InChI is InChI=1S/C16H11Br2ClN2/c17-13-6-11(7-14(18)8-13)16(19)12-9-20-21(10-12)15-4-2-1-3-5-15/h1-10,16H. The summed E-state index contributed by atoms with van der Waals surface area (Å²) in [5.41, 5.74) is 3.00.